The quantitative estimate of drug-likeness (QED) is 0.813. The van der Waals surface area contributed by atoms with E-state index in [1.807, 2.05) is 19.9 Å². The number of halogens is 1. The van der Waals surface area contributed by atoms with Crippen LogP contribution in [0.3, 0.4) is 0 Å². The van der Waals surface area contributed by atoms with Gasteiger partial charge in [-0.05, 0) is 25.0 Å². The van der Waals surface area contributed by atoms with E-state index in [-0.39, 0.29) is 5.91 Å². The minimum absolute atomic E-state index is 0.0120. The topological polar surface area (TPSA) is 64.4 Å². The molecule has 4 nitrogen and oxygen atoms in total. The smallest absolute Gasteiger partial charge is 0.227 e. The summed E-state index contributed by atoms with van der Waals surface area (Å²) in [5.74, 6) is 0.658. The van der Waals surface area contributed by atoms with Gasteiger partial charge in [-0.15, -0.1) is 0 Å². The summed E-state index contributed by atoms with van der Waals surface area (Å²) in [6.07, 6.45) is 1.45. The molecule has 0 unspecified atom stereocenters. The Morgan fingerprint density at radius 3 is 2.55 bits per heavy atom. The van der Waals surface area contributed by atoms with Gasteiger partial charge in [-0.2, -0.15) is 0 Å². The highest BCUT2D eigenvalue weighted by Crippen LogP contribution is 2.26. The highest BCUT2D eigenvalue weighted by atomic mass is 35.5. The lowest BCUT2D eigenvalue weighted by Crippen LogP contribution is -2.45. The second-order valence-corrected chi connectivity index (χ2v) is 5.27. The molecule has 0 saturated carbocycles. The van der Waals surface area contributed by atoms with Crippen LogP contribution in [-0.4, -0.2) is 19.6 Å². The van der Waals surface area contributed by atoms with E-state index in [0.29, 0.717) is 23.9 Å². The number of rotatable bonds is 7. The number of ether oxygens (including phenoxy) is 1. The minimum atomic E-state index is -0.486. The summed E-state index contributed by atoms with van der Waals surface area (Å²) in [5, 5.41) is 3.55. The summed E-state index contributed by atoms with van der Waals surface area (Å²) in [6.45, 7) is 4.72. The fraction of sp³-hybridized carbons (Fsp3) is 0.533. The highest BCUT2D eigenvalue weighted by molar-refractivity contribution is 6.30. The summed E-state index contributed by atoms with van der Waals surface area (Å²) in [7, 11) is 1.58. The van der Waals surface area contributed by atoms with Crippen LogP contribution in [0.25, 0.3) is 0 Å². The van der Waals surface area contributed by atoms with Crippen molar-refractivity contribution in [3.8, 4) is 5.75 Å². The van der Waals surface area contributed by atoms with Crippen LogP contribution in [0.5, 0.6) is 5.75 Å². The van der Waals surface area contributed by atoms with Crippen molar-refractivity contribution in [2.24, 2.45) is 11.1 Å². The Morgan fingerprint density at radius 2 is 2.05 bits per heavy atom. The molecule has 112 valence electrons. The summed E-state index contributed by atoms with van der Waals surface area (Å²) < 4.78 is 5.26. The third-order valence-corrected chi connectivity index (χ3v) is 4.15. The molecule has 1 amide bonds. The molecule has 1 aromatic rings. The van der Waals surface area contributed by atoms with Crippen molar-refractivity contribution in [1.82, 2.24) is 5.32 Å². The highest BCUT2D eigenvalue weighted by Gasteiger charge is 2.33. The molecule has 0 bridgehead atoms. The lowest BCUT2D eigenvalue weighted by molar-refractivity contribution is -0.131. The van der Waals surface area contributed by atoms with E-state index in [4.69, 9.17) is 22.1 Å². The number of hydrogen-bond acceptors (Lipinski definition) is 3. The van der Waals surface area contributed by atoms with Gasteiger partial charge >= 0.3 is 0 Å². The number of hydrogen-bond donors (Lipinski definition) is 2. The molecule has 0 aliphatic carbocycles. The predicted octanol–water partition coefficient (Wildman–Crippen LogP) is 2.73. The van der Waals surface area contributed by atoms with Crippen LogP contribution >= 0.6 is 11.6 Å². The van der Waals surface area contributed by atoms with Crippen molar-refractivity contribution in [3.05, 3.63) is 28.8 Å². The number of benzene rings is 1. The van der Waals surface area contributed by atoms with Crippen molar-refractivity contribution in [3.63, 3.8) is 0 Å². The molecule has 0 aliphatic rings. The van der Waals surface area contributed by atoms with Crippen molar-refractivity contribution >= 4 is 17.5 Å². The zero-order valence-corrected chi connectivity index (χ0v) is 13.1. The number of amides is 1. The Kier molecular flexibility index (Phi) is 6.30. The van der Waals surface area contributed by atoms with E-state index in [1.165, 1.54) is 0 Å². The van der Waals surface area contributed by atoms with Crippen LogP contribution in [0.2, 0.25) is 5.02 Å². The molecule has 0 heterocycles. The van der Waals surface area contributed by atoms with Gasteiger partial charge in [0.1, 0.15) is 5.75 Å². The molecular formula is C15H23ClN2O2. The van der Waals surface area contributed by atoms with Gasteiger partial charge in [-0.25, -0.2) is 0 Å². The van der Waals surface area contributed by atoms with Crippen LogP contribution in [0.1, 0.15) is 32.3 Å². The lowest BCUT2D eigenvalue weighted by Gasteiger charge is -2.28. The van der Waals surface area contributed by atoms with Crippen LogP contribution in [-0.2, 0) is 11.3 Å². The first-order chi connectivity index (χ1) is 9.52. The van der Waals surface area contributed by atoms with Crippen LogP contribution in [0, 0.1) is 5.41 Å². The van der Waals surface area contributed by atoms with Crippen LogP contribution in [0.15, 0.2) is 18.2 Å². The Morgan fingerprint density at radius 1 is 1.40 bits per heavy atom. The molecule has 0 saturated heterocycles. The monoisotopic (exact) mass is 298 g/mol. The van der Waals surface area contributed by atoms with Gasteiger partial charge in [0.25, 0.3) is 0 Å². The Labute approximate surface area is 125 Å². The fourth-order valence-corrected chi connectivity index (χ4v) is 2.34. The van der Waals surface area contributed by atoms with E-state index in [0.717, 1.165) is 18.4 Å². The number of carbonyl (C=O) groups excluding carboxylic acids is 1. The molecule has 0 fully saturated rings. The van der Waals surface area contributed by atoms with E-state index < -0.39 is 5.41 Å². The molecule has 1 aromatic carbocycles. The van der Waals surface area contributed by atoms with Crippen LogP contribution in [0.4, 0.5) is 0 Å². The van der Waals surface area contributed by atoms with E-state index in [9.17, 15) is 4.79 Å². The predicted molar refractivity (Wildman–Crippen MR) is 81.9 cm³/mol. The average molecular weight is 299 g/mol. The van der Waals surface area contributed by atoms with Crippen molar-refractivity contribution in [2.75, 3.05) is 13.7 Å². The van der Waals surface area contributed by atoms with Gasteiger partial charge in [0.2, 0.25) is 5.91 Å². The zero-order valence-electron chi connectivity index (χ0n) is 12.3. The van der Waals surface area contributed by atoms with E-state index in [2.05, 4.69) is 5.32 Å². The first kappa shape index (κ1) is 16.8. The molecule has 20 heavy (non-hydrogen) atoms. The van der Waals surface area contributed by atoms with Gasteiger partial charge in [0.05, 0.1) is 12.5 Å². The van der Waals surface area contributed by atoms with Gasteiger partial charge in [-0.1, -0.05) is 31.5 Å². The average Bonchev–Trinajstić information content (AvgIpc) is 2.48. The Hall–Kier alpha value is -1.26. The Bertz CT molecular complexity index is 451. The summed E-state index contributed by atoms with van der Waals surface area (Å²) >= 11 is 5.91. The van der Waals surface area contributed by atoms with Crippen molar-refractivity contribution in [2.45, 2.75) is 33.2 Å². The minimum Gasteiger partial charge on any atom is -0.496 e. The molecular weight excluding hydrogens is 276 g/mol. The lowest BCUT2D eigenvalue weighted by atomic mass is 9.81. The molecule has 0 radical (unpaired) electrons. The normalized spacial score (nSPS) is 11.2. The summed E-state index contributed by atoms with van der Waals surface area (Å²) in [4.78, 5) is 12.3. The van der Waals surface area contributed by atoms with Crippen molar-refractivity contribution < 1.29 is 9.53 Å². The van der Waals surface area contributed by atoms with Gasteiger partial charge in [-0.3, -0.25) is 4.79 Å². The van der Waals surface area contributed by atoms with Gasteiger partial charge < -0.3 is 15.8 Å². The number of carbonyl (C=O) groups is 1. The fourth-order valence-electron chi connectivity index (χ4n) is 2.18. The number of methoxy groups -OCH3 is 1. The second kappa shape index (κ2) is 7.50. The third kappa shape index (κ3) is 3.64. The number of nitrogens with two attached hydrogens (primary N) is 1. The molecule has 0 atom stereocenters. The van der Waals surface area contributed by atoms with E-state index >= 15 is 0 Å². The van der Waals surface area contributed by atoms with E-state index in [1.54, 1.807) is 19.2 Å². The van der Waals surface area contributed by atoms with Gasteiger partial charge in [0.15, 0.2) is 0 Å². The molecule has 5 heteroatoms. The molecule has 3 N–H and O–H groups in total. The van der Waals surface area contributed by atoms with Crippen molar-refractivity contribution in [1.29, 1.82) is 0 Å². The summed E-state index contributed by atoms with van der Waals surface area (Å²) in [5.41, 5.74) is 6.18. The molecule has 0 aromatic heterocycles. The SMILES string of the molecule is CCC(CC)(CN)C(=O)NCc1ccc(Cl)cc1OC. The summed E-state index contributed by atoms with van der Waals surface area (Å²) in [6, 6.07) is 5.36. The third-order valence-electron chi connectivity index (χ3n) is 3.91. The first-order valence-corrected chi connectivity index (χ1v) is 7.21. The maximum atomic E-state index is 12.3. The maximum Gasteiger partial charge on any atom is 0.227 e. The standard InChI is InChI=1S/C15H23ClN2O2/c1-4-15(5-2,10-17)14(19)18-9-11-6-7-12(16)8-13(11)20-3/h6-8H,4-5,9-10,17H2,1-3H3,(H,18,19). The molecule has 1 rings (SSSR count). The molecule has 0 aliphatic heterocycles. The second-order valence-electron chi connectivity index (χ2n) is 4.83. The number of nitrogens with one attached hydrogen (secondary N) is 1. The largest absolute Gasteiger partial charge is 0.496 e. The first-order valence-electron chi connectivity index (χ1n) is 6.83. The Balaban J connectivity index is 2.79. The zero-order chi connectivity index (χ0) is 15.2. The maximum absolute atomic E-state index is 12.3. The molecule has 0 spiro atoms. The van der Waals surface area contributed by atoms with Crippen LogP contribution < -0.4 is 15.8 Å². The van der Waals surface area contributed by atoms with Gasteiger partial charge in [0, 0.05) is 23.7 Å².